The van der Waals surface area contributed by atoms with Crippen LogP contribution in [0.15, 0.2) is 24.3 Å². The van der Waals surface area contributed by atoms with Crippen molar-refractivity contribution in [1.82, 2.24) is 10.2 Å². The third-order valence-electron chi connectivity index (χ3n) is 4.12. The third-order valence-corrected chi connectivity index (χ3v) is 4.12. The normalized spacial score (nSPS) is 17.8. The number of fused-ring (bicyclic) bond motifs is 1. The molecule has 1 aromatic carbocycles. The third kappa shape index (κ3) is 2.94. The number of nitrogens with zero attached hydrogens (tertiary/aromatic N) is 1. The average molecular weight is 316 g/mol. The summed E-state index contributed by atoms with van der Waals surface area (Å²) in [7, 11) is 0. The number of carboxylic acid groups (broad SMARTS) is 1. The van der Waals surface area contributed by atoms with E-state index in [1.165, 1.54) is 0 Å². The maximum absolute atomic E-state index is 12.1. The molecule has 0 spiro atoms. The van der Waals surface area contributed by atoms with Crippen LogP contribution in [0.2, 0.25) is 0 Å². The van der Waals surface area contributed by atoms with Gasteiger partial charge < -0.3 is 10.4 Å². The summed E-state index contributed by atoms with van der Waals surface area (Å²) in [5.41, 5.74) is 0.665. The number of amides is 3. The molecule has 1 fully saturated rings. The second-order valence-electron chi connectivity index (χ2n) is 5.78. The summed E-state index contributed by atoms with van der Waals surface area (Å²) in [5.74, 6) is -2.39. The molecule has 1 aliphatic heterocycles. The lowest BCUT2D eigenvalue weighted by Crippen LogP contribution is -2.43. The van der Waals surface area contributed by atoms with Gasteiger partial charge in [0.2, 0.25) is 5.91 Å². The minimum absolute atomic E-state index is 0.0178. The first-order chi connectivity index (χ1) is 11.0. The Kier molecular flexibility index (Phi) is 3.85. The Morgan fingerprint density at radius 2 is 1.74 bits per heavy atom. The topological polar surface area (TPSA) is 104 Å². The number of hydrogen-bond donors (Lipinski definition) is 2. The van der Waals surface area contributed by atoms with Crippen molar-refractivity contribution in [2.45, 2.75) is 25.3 Å². The van der Waals surface area contributed by atoms with Gasteiger partial charge in [-0.2, -0.15) is 0 Å². The van der Waals surface area contributed by atoms with Gasteiger partial charge in [0.1, 0.15) is 6.04 Å². The van der Waals surface area contributed by atoms with Crippen LogP contribution in [0.25, 0.3) is 0 Å². The van der Waals surface area contributed by atoms with E-state index in [0.717, 1.165) is 17.7 Å². The van der Waals surface area contributed by atoms with Crippen LogP contribution in [0.4, 0.5) is 0 Å². The number of carbonyl (C=O) groups excluding carboxylic acids is 3. The molecule has 1 unspecified atom stereocenters. The highest BCUT2D eigenvalue weighted by Crippen LogP contribution is 2.32. The van der Waals surface area contributed by atoms with E-state index in [4.69, 9.17) is 5.11 Å². The van der Waals surface area contributed by atoms with Crippen molar-refractivity contribution in [3.63, 3.8) is 0 Å². The second-order valence-corrected chi connectivity index (χ2v) is 5.78. The zero-order chi connectivity index (χ0) is 16.6. The molecule has 23 heavy (non-hydrogen) atoms. The van der Waals surface area contributed by atoms with E-state index in [0.29, 0.717) is 11.1 Å². The molecule has 1 aromatic rings. The van der Waals surface area contributed by atoms with Crippen molar-refractivity contribution in [3.8, 4) is 0 Å². The highest BCUT2D eigenvalue weighted by molar-refractivity contribution is 6.21. The van der Waals surface area contributed by atoms with Gasteiger partial charge in [0.05, 0.1) is 11.1 Å². The van der Waals surface area contributed by atoms with Crippen LogP contribution in [-0.4, -0.2) is 46.3 Å². The minimum Gasteiger partial charge on any atom is -0.480 e. The van der Waals surface area contributed by atoms with Gasteiger partial charge in [-0.1, -0.05) is 12.1 Å². The molecule has 0 saturated heterocycles. The Labute approximate surface area is 132 Å². The fourth-order valence-corrected chi connectivity index (χ4v) is 2.71. The van der Waals surface area contributed by atoms with E-state index in [1.54, 1.807) is 24.3 Å². The first kappa shape index (κ1) is 15.2. The van der Waals surface area contributed by atoms with E-state index >= 15 is 0 Å². The molecule has 7 heteroatoms. The number of hydrogen-bond acceptors (Lipinski definition) is 4. The van der Waals surface area contributed by atoms with Gasteiger partial charge in [-0.3, -0.25) is 19.3 Å². The molecule has 1 aliphatic carbocycles. The van der Waals surface area contributed by atoms with E-state index in [2.05, 4.69) is 5.32 Å². The van der Waals surface area contributed by atoms with Crippen LogP contribution >= 0.6 is 0 Å². The molecule has 7 nitrogen and oxygen atoms in total. The molecule has 3 amide bonds. The Morgan fingerprint density at radius 1 is 1.17 bits per heavy atom. The lowest BCUT2D eigenvalue weighted by molar-refractivity contribution is -0.142. The van der Waals surface area contributed by atoms with Crippen LogP contribution in [0.1, 0.15) is 40.0 Å². The van der Waals surface area contributed by atoms with Gasteiger partial charge in [-0.25, -0.2) is 4.79 Å². The van der Waals surface area contributed by atoms with Crippen molar-refractivity contribution in [2.24, 2.45) is 5.92 Å². The van der Waals surface area contributed by atoms with Crippen LogP contribution in [0.5, 0.6) is 0 Å². The number of carbonyl (C=O) groups is 4. The Balaban J connectivity index is 1.59. The molecule has 1 saturated carbocycles. The van der Waals surface area contributed by atoms with E-state index in [9.17, 15) is 19.2 Å². The standard InChI is InChI=1S/C16H16N2O5/c19-12(17-13(16(22)23)9-5-6-9)7-8-18-14(20)10-3-1-2-4-11(10)15(18)21/h1-4,9,13H,5-8H2,(H,17,19)(H,22,23). The number of benzene rings is 1. The number of rotatable bonds is 6. The van der Waals surface area contributed by atoms with Crippen molar-refractivity contribution >= 4 is 23.7 Å². The monoisotopic (exact) mass is 316 g/mol. The molecular formula is C16H16N2O5. The maximum Gasteiger partial charge on any atom is 0.326 e. The summed E-state index contributed by atoms with van der Waals surface area (Å²) >= 11 is 0. The smallest absolute Gasteiger partial charge is 0.326 e. The van der Waals surface area contributed by atoms with Crippen LogP contribution in [0, 0.1) is 5.92 Å². The van der Waals surface area contributed by atoms with Crippen molar-refractivity contribution in [1.29, 1.82) is 0 Å². The quantitative estimate of drug-likeness (QED) is 0.750. The predicted molar refractivity (Wildman–Crippen MR) is 78.7 cm³/mol. The van der Waals surface area contributed by atoms with E-state index < -0.39 is 29.7 Å². The van der Waals surface area contributed by atoms with Crippen LogP contribution < -0.4 is 5.32 Å². The summed E-state index contributed by atoms with van der Waals surface area (Å²) in [5, 5.41) is 11.5. The Morgan fingerprint density at radius 3 is 2.22 bits per heavy atom. The van der Waals surface area contributed by atoms with Crippen molar-refractivity contribution in [2.75, 3.05) is 6.54 Å². The SMILES string of the molecule is O=C(CCN1C(=O)c2ccccc2C1=O)NC(C(=O)O)C1CC1. The van der Waals surface area contributed by atoms with Crippen molar-refractivity contribution in [3.05, 3.63) is 35.4 Å². The van der Waals surface area contributed by atoms with Crippen LogP contribution in [0.3, 0.4) is 0 Å². The number of aliphatic carboxylic acids is 1. The summed E-state index contributed by atoms with van der Waals surface area (Å²) < 4.78 is 0. The van der Waals surface area contributed by atoms with Crippen molar-refractivity contribution < 1.29 is 24.3 Å². The molecule has 3 rings (SSSR count). The zero-order valence-corrected chi connectivity index (χ0v) is 12.3. The molecule has 1 heterocycles. The minimum atomic E-state index is -1.05. The first-order valence-electron chi connectivity index (χ1n) is 7.46. The average Bonchev–Trinajstić information content (AvgIpc) is 3.33. The molecule has 0 radical (unpaired) electrons. The number of nitrogens with one attached hydrogen (secondary N) is 1. The summed E-state index contributed by atoms with van der Waals surface area (Å²) in [4.78, 5) is 48.3. The fourth-order valence-electron chi connectivity index (χ4n) is 2.71. The predicted octanol–water partition coefficient (Wildman–Crippen LogP) is 0.652. The highest BCUT2D eigenvalue weighted by atomic mass is 16.4. The van der Waals surface area contributed by atoms with Gasteiger partial charge in [-0.05, 0) is 30.9 Å². The summed E-state index contributed by atoms with van der Waals surface area (Å²) in [6.07, 6.45) is 1.47. The van der Waals surface area contributed by atoms with Gasteiger partial charge in [0, 0.05) is 13.0 Å². The highest BCUT2D eigenvalue weighted by Gasteiger charge is 2.38. The summed E-state index contributed by atoms with van der Waals surface area (Å²) in [6.45, 7) is -0.0603. The lowest BCUT2D eigenvalue weighted by atomic mass is 10.1. The fraction of sp³-hybridized carbons (Fsp3) is 0.375. The molecule has 2 aliphatic rings. The Bertz CT molecular complexity index is 660. The Hall–Kier alpha value is -2.70. The molecule has 1 atom stereocenters. The largest absolute Gasteiger partial charge is 0.480 e. The lowest BCUT2D eigenvalue weighted by Gasteiger charge is -2.16. The zero-order valence-electron chi connectivity index (χ0n) is 12.3. The second kappa shape index (κ2) is 5.83. The van der Waals surface area contributed by atoms with Gasteiger partial charge in [-0.15, -0.1) is 0 Å². The first-order valence-corrected chi connectivity index (χ1v) is 7.46. The van der Waals surface area contributed by atoms with Gasteiger partial charge in [0.15, 0.2) is 0 Å². The molecule has 0 bridgehead atoms. The molecule has 2 N–H and O–H groups in total. The molecule has 0 aromatic heterocycles. The number of carboxylic acids is 1. The van der Waals surface area contributed by atoms with Gasteiger partial charge >= 0.3 is 5.97 Å². The van der Waals surface area contributed by atoms with E-state index in [1.807, 2.05) is 0 Å². The maximum atomic E-state index is 12.1. The summed E-state index contributed by atoms with van der Waals surface area (Å²) in [6, 6.07) is 5.61. The van der Waals surface area contributed by atoms with Gasteiger partial charge in [0.25, 0.3) is 11.8 Å². The molecular weight excluding hydrogens is 300 g/mol. The number of imide groups is 1. The van der Waals surface area contributed by atoms with E-state index in [-0.39, 0.29) is 18.9 Å². The van der Waals surface area contributed by atoms with Crippen LogP contribution in [-0.2, 0) is 9.59 Å². The molecule has 120 valence electrons.